The maximum absolute atomic E-state index is 11.9. The molecular formula is C11H19NO2. The first-order chi connectivity index (χ1) is 6.27. The summed E-state index contributed by atoms with van der Waals surface area (Å²) in [6.45, 7) is 7.46. The van der Waals surface area contributed by atoms with E-state index in [0.29, 0.717) is 12.0 Å². The minimum absolute atomic E-state index is 0.0110. The number of hydrogen-bond donors (Lipinski definition) is 2. The van der Waals surface area contributed by atoms with Crippen molar-refractivity contribution in [2.45, 2.75) is 40.2 Å². The van der Waals surface area contributed by atoms with Crippen LogP contribution >= 0.6 is 0 Å². The molecule has 0 amide bonds. The Labute approximate surface area is 85.0 Å². The van der Waals surface area contributed by atoms with Crippen molar-refractivity contribution in [1.82, 2.24) is 0 Å². The van der Waals surface area contributed by atoms with Crippen LogP contribution in [0.1, 0.15) is 34.1 Å². The molecule has 3 N–H and O–H groups in total. The molecule has 14 heavy (non-hydrogen) atoms. The zero-order chi connectivity index (χ0) is 11.1. The van der Waals surface area contributed by atoms with Gasteiger partial charge in [0, 0.05) is 22.9 Å². The number of rotatable bonds is 1. The van der Waals surface area contributed by atoms with Crippen LogP contribution in [-0.2, 0) is 4.79 Å². The van der Waals surface area contributed by atoms with E-state index in [-0.39, 0.29) is 23.5 Å². The van der Waals surface area contributed by atoms with E-state index in [4.69, 9.17) is 5.73 Å². The molecule has 0 bridgehead atoms. The Bertz CT molecular complexity index is 290. The lowest BCUT2D eigenvalue weighted by atomic mass is 9.70. The van der Waals surface area contributed by atoms with Crippen molar-refractivity contribution in [3.63, 3.8) is 0 Å². The van der Waals surface area contributed by atoms with E-state index in [9.17, 15) is 9.90 Å². The Hall–Kier alpha value is -0.830. The average Bonchev–Trinajstić information content (AvgIpc) is 2.00. The largest absolute Gasteiger partial charge is 0.512 e. The lowest BCUT2D eigenvalue weighted by molar-refractivity contribution is -0.125. The van der Waals surface area contributed by atoms with Crippen molar-refractivity contribution in [3.8, 4) is 0 Å². The number of ketones is 1. The second kappa shape index (κ2) is 3.39. The van der Waals surface area contributed by atoms with Gasteiger partial charge in [0.1, 0.15) is 5.76 Å². The van der Waals surface area contributed by atoms with Crippen LogP contribution in [0.5, 0.6) is 0 Å². The molecular weight excluding hydrogens is 178 g/mol. The summed E-state index contributed by atoms with van der Waals surface area (Å²) in [5.41, 5.74) is 5.71. The predicted octanol–water partition coefficient (Wildman–Crippen LogP) is 1.78. The number of carbonyl (C=O) groups excluding carboxylic acids is 1. The standard InChI is InChI=1S/C11H19NO2/c1-6-5-11(3,4)10(14)8(7(2)12)9(6)13/h6-7,13H,5,12H2,1-4H3. The molecule has 3 heteroatoms. The molecule has 0 radical (unpaired) electrons. The minimum atomic E-state index is -0.394. The number of aliphatic hydroxyl groups excluding tert-OH is 1. The summed E-state index contributed by atoms with van der Waals surface area (Å²) in [6.07, 6.45) is 0.688. The Morgan fingerprint density at radius 3 is 2.50 bits per heavy atom. The van der Waals surface area contributed by atoms with Gasteiger partial charge in [0.2, 0.25) is 0 Å². The highest BCUT2D eigenvalue weighted by Gasteiger charge is 2.40. The maximum Gasteiger partial charge on any atom is 0.169 e. The Balaban J connectivity index is 3.20. The fourth-order valence-corrected chi connectivity index (χ4v) is 2.14. The van der Waals surface area contributed by atoms with E-state index < -0.39 is 5.41 Å². The molecule has 0 aliphatic heterocycles. The lowest BCUT2D eigenvalue weighted by Crippen LogP contribution is -2.40. The van der Waals surface area contributed by atoms with Crippen molar-refractivity contribution < 1.29 is 9.90 Å². The van der Waals surface area contributed by atoms with Gasteiger partial charge in [-0.25, -0.2) is 0 Å². The molecule has 0 spiro atoms. The highest BCUT2D eigenvalue weighted by molar-refractivity contribution is 6.01. The molecule has 0 saturated carbocycles. The molecule has 0 heterocycles. The van der Waals surface area contributed by atoms with E-state index in [0.717, 1.165) is 0 Å². The summed E-state index contributed by atoms with van der Waals surface area (Å²) in [4.78, 5) is 11.9. The quantitative estimate of drug-likeness (QED) is 0.673. The van der Waals surface area contributed by atoms with Gasteiger partial charge in [-0.2, -0.15) is 0 Å². The molecule has 0 aromatic heterocycles. The van der Waals surface area contributed by atoms with E-state index in [1.165, 1.54) is 0 Å². The first-order valence-electron chi connectivity index (χ1n) is 5.00. The topological polar surface area (TPSA) is 63.3 Å². The molecule has 1 rings (SSSR count). The SMILES string of the molecule is CC(N)C1=C(O)C(C)CC(C)(C)C1=O. The summed E-state index contributed by atoms with van der Waals surface area (Å²) in [7, 11) is 0. The molecule has 2 unspecified atom stereocenters. The van der Waals surface area contributed by atoms with Gasteiger partial charge in [-0.1, -0.05) is 20.8 Å². The van der Waals surface area contributed by atoms with Gasteiger partial charge in [-0.05, 0) is 13.3 Å². The number of aliphatic hydroxyl groups is 1. The Morgan fingerprint density at radius 2 is 2.07 bits per heavy atom. The smallest absolute Gasteiger partial charge is 0.169 e. The van der Waals surface area contributed by atoms with Crippen LogP contribution in [0.15, 0.2) is 11.3 Å². The van der Waals surface area contributed by atoms with Gasteiger partial charge in [0.25, 0.3) is 0 Å². The molecule has 1 aliphatic rings. The fraction of sp³-hybridized carbons (Fsp3) is 0.727. The summed E-state index contributed by atoms with van der Waals surface area (Å²) in [5.74, 6) is 0.205. The Morgan fingerprint density at radius 1 is 1.57 bits per heavy atom. The van der Waals surface area contributed by atoms with Gasteiger partial charge in [-0.3, -0.25) is 4.79 Å². The second-order valence-corrected chi connectivity index (χ2v) is 4.91. The number of hydrogen-bond acceptors (Lipinski definition) is 3. The highest BCUT2D eigenvalue weighted by Crippen LogP contribution is 2.38. The summed E-state index contributed by atoms with van der Waals surface area (Å²) in [5, 5.41) is 9.79. The normalized spacial score (nSPS) is 29.2. The molecule has 80 valence electrons. The number of nitrogens with two attached hydrogens (primary N) is 1. The molecule has 0 aromatic carbocycles. The van der Waals surface area contributed by atoms with Crippen molar-refractivity contribution >= 4 is 5.78 Å². The second-order valence-electron chi connectivity index (χ2n) is 4.91. The molecule has 0 saturated heterocycles. The van der Waals surface area contributed by atoms with Gasteiger partial charge in [0.15, 0.2) is 5.78 Å². The molecule has 0 fully saturated rings. The van der Waals surface area contributed by atoms with Crippen molar-refractivity contribution in [3.05, 3.63) is 11.3 Å². The van der Waals surface area contributed by atoms with Crippen molar-refractivity contribution in [2.24, 2.45) is 17.1 Å². The third-order valence-corrected chi connectivity index (χ3v) is 2.87. The zero-order valence-electron chi connectivity index (χ0n) is 9.29. The predicted molar refractivity (Wildman–Crippen MR) is 55.9 cm³/mol. The lowest BCUT2D eigenvalue weighted by Gasteiger charge is -2.34. The third-order valence-electron chi connectivity index (χ3n) is 2.87. The van der Waals surface area contributed by atoms with Crippen molar-refractivity contribution in [2.75, 3.05) is 0 Å². The van der Waals surface area contributed by atoms with Crippen LogP contribution in [0.2, 0.25) is 0 Å². The summed E-state index contributed by atoms with van der Waals surface area (Å²) in [6, 6.07) is -0.385. The molecule has 1 aliphatic carbocycles. The average molecular weight is 197 g/mol. The number of allylic oxidation sites excluding steroid dienone is 1. The third kappa shape index (κ3) is 1.69. The zero-order valence-corrected chi connectivity index (χ0v) is 9.29. The van der Waals surface area contributed by atoms with Crippen LogP contribution in [0.4, 0.5) is 0 Å². The number of Topliss-reactive ketones (excluding diaryl/α,β-unsaturated/α-hetero) is 1. The minimum Gasteiger partial charge on any atom is -0.512 e. The van der Waals surface area contributed by atoms with Gasteiger partial charge >= 0.3 is 0 Å². The molecule has 3 nitrogen and oxygen atoms in total. The van der Waals surface area contributed by atoms with E-state index in [2.05, 4.69) is 0 Å². The Kier molecular flexibility index (Phi) is 2.72. The highest BCUT2D eigenvalue weighted by atomic mass is 16.3. The van der Waals surface area contributed by atoms with Crippen LogP contribution in [0, 0.1) is 11.3 Å². The maximum atomic E-state index is 11.9. The first-order valence-corrected chi connectivity index (χ1v) is 5.00. The fourth-order valence-electron chi connectivity index (χ4n) is 2.14. The van der Waals surface area contributed by atoms with Crippen LogP contribution < -0.4 is 5.73 Å². The monoisotopic (exact) mass is 197 g/mol. The van der Waals surface area contributed by atoms with E-state index in [1.807, 2.05) is 20.8 Å². The first kappa shape index (κ1) is 11.2. The van der Waals surface area contributed by atoms with Crippen LogP contribution in [0.3, 0.4) is 0 Å². The van der Waals surface area contributed by atoms with Crippen molar-refractivity contribution in [1.29, 1.82) is 0 Å². The molecule has 0 aromatic rings. The van der Waals surface area contributed by atoms with Crippen LogP contribution in [-0.4, -0.2) is 16.9 Å². The van der Waals surface area contributed by atoms with E-state index in [1.54, 1.807) is 6.92 Å². The summed E-state index contributed by atoms with van der Waals surface area (Å²) >= 11 is 0. The number of carbonyl (C=O) groups is 1. The van der Waals surface area contributed by atoms with E-state index >= 15 is 0 Å². The van der Waals surface area contributed by atoms with Gasteiger partial charge in [0.05, 0.1) is 0 Å². The van der Waals surface area contributed by atoms with Gasteiger partial charge in [-0.15, -0.1) is 0 Å². The summed E-state index contributed by atoms with van der Waals surface area (Å²) < 4.78 is 0. The van der Waals surface area contributed by atoms with Crippen LogP contribution in [0.25, 0.3) is 0 Å². The van der Waals surface area contributed by atoms with Gasteiger partial charge < -0.3 is 10.8 Å². The molecule has 2 atom stereocenters.